The largest absolute Gasteiger partial charge is 0.494 e. The molecule has 1 aliphatic rings. The number of ether oxygens (including phenoxy) is 2. The predicted octanol–water partition coefficient (Wildman–Crippen LogP) is 7.85. The number of allylic oxidation sites excluding steroid dienone is 1. The molecule has 1 saturated carbocycles. The van der Waals surface area contributed by atoms with Gasteiger partial charge in [0.05, 0.1) is 12.2 Å². The van der Waals surface area contributed by atoms with E-state index in [0.29, 0.717) is 29.4 Å². The van der Waals surface area contributed by atoms with Crippen LogP contribution in [0.3, 0.4) is 0 Å². The van der Waals surface area contributed by atoms with Crippen LogP contribution in [0.1, 0.15) is 54.4 Å². The Morgan fingerprint density at radius 2 is 1.63 bits per heavy atom. The van der Waals surface area contributed by atoms with Gasteiger partial charge in [-0.2, -0.15) is 0 Å². The molecule has 3 nitrogen and oxygen atoms in total. The first-order valence-electron chi connectivity index (χ1n) is 11.8. The van der Waals surface area contributed by atoms with Crippen LogP contribution in [0.5, 0.6) is 11.5 Å². The smallest absolute Gasteiger partial charge is 0.346 e. The summed E-state index contributed by atoms with van der Waals surface area (Å²) < 4.78 is 54.6. The van der Waals surface area contributed by atoms with Crippen molar-refractivity contribution in [1.82, 2.24) is 0 Å². The van der Waals surface area contributed by atoms with Gasteiger partial charge in [0.1, 0.15) is 17.3 Å². The lowest BCUT2D eigenvalue weighted by Crippen LogP contribution is -2.13. The standard InChI is InChI=1S/C29H27F3O3/c1-3-18-5-7-19(8-6-18)23-15-16-24(28(32)27(23)31)20-9-11-21(12-10-20)35-29(33)25-14-13-22(34-4-2)17-26(25)30/h3,9-19H,1,4-8H2,2H3. The van der Waals surface area contributed by atoms with Gasteiger partial charge >= 0.3 is 5.97 Å². The molecular weight excluding hydrogens is 453 g/mol. The first kappa shape index (κ1) is 24.6. The van der Waals surface area contributed by atoms with Crippen molar-refractivity contribution in [2.45, 2.75) is 38.5 Å². The van der Waals surface area contributed by atoms with Crippen molar-refractivity contribution in [2.24, 2.45) is 5.92 Å². The third-order valence-corrected chi connectivity index (χ3v) is 6.50. The molecule has 0 saturated heterocycles. The number of halogens is 3. The first-order chi connectivity index (χ1) is 16.9. The lowest BCUT2D eigenvalue weighted by Gasteiger charge is -2.27. The number of carbonyl (C=O) groups is 1. The Bertz CT molecular complexity index is 1210. The quantitative estimate of drug-likeness (QED) is 0.196. The van der Waals surface area contributed by atoms with Crippen LogP contribution < -0.4 is 9.47 Å². The highest BCUT2D eigenvalue weighted by Gasteiger charge is 2.25. The summed E-state index contributed by atoms with van der Waals surface area (Å²) in [5, 5.41) is 0. The number of rotatable bonds is 7. The molecule has 0 amide bonds. The van der Waals surface area contributed by atoms with Crippen molar-refractivity contribution in [3.05, 3.63) is 95.8 Å². The Morgan fingerprint density at radius 3 is 2.26 bits per heavy atom. The number of hydrogen-bond donors (Lipinski definition) is 0. The maximum atomic E-state index is 15.0. The third kappa shape index (κ3) is 5.42. The second-order valence-corrected chi connectivity index (χ2v) is 8.67. The van der Waals surface area contributed by atoms with Gasteiger partial charge in [-0.3, -0.25) is 0 Å². The molecule has 0 radical (unpaired) electrons. The van der Waals surface area contributed by atoms with Gasteiger partial charge in [-0.1, -0.05) is 30.3 Å². The third-order valence-electron chi connectivity index (χ3n) is 6.50. The van der Waals surface area contributed by atoms with Crippen LogP contribution in [-0.2, 0) is 0 Å². The van der Waals surface area contributed by atoms with Crippen LogP contribution in [0.25, 0.3) is 11.1 Å². The molecule has 6 heteroatoms. The van der Waals surface area contributed by atoms with Crippen molar-refractivity contribution in [2.75, 3.05) is 6.61 Å². The summed E-state index contributed by atoms with van der Waals surface area (Å²) in [4.78, 5) is 12.4. The van der Waals surface area contributed by atoms with E-state index in [-0.39, 0.29) is 22.8 Å². The minimum atomic E-state index is -0.894. The lowest BCUT2D eigenvalue weighted by molar-refractivity contribution is 0.0730. The van der Waals surface area contributed by atoms with Gasteiger partial charge in [0.2, 0.25) is 0 Å². The maximum absolute atomic E-state index is 15.0. The van der Waals surface area contributed by atoms with Gasteiger partial charge in [0.15, 0.2) is 11.6 Å². The predicted molar refractivity (Wildman–Crippen MR) is 129 cm³/mol. The molecule has 3 aromatic carbocycles. The van der Waals surface area contributed by atoms with Crippen LogP contribution in [-0.4, -0.2) is 12.6 Å². The van der Waals surface area contributed by atoms with E-state index in [1.807, 2.05) is 6.08 Å². The summed E-state index contributed by atoms with van der Waals surface area (Å²) in [6.07, 6.45) is 5.41. The van der Waals surface area contributed by atoms with Crippen molar-refractivity contribution in [3.63, 3.8) is 0 Å². The maximum Gasteiger partial charge on any atom is 0.346 e. The fraction of sp³-hybridized carbons (Fsp3) is 0.276. The van der Waals surface area contributed by atoms with Crippen LogP contribution in [0, 0.1) is 23.4 Å². The monoisotopic (exact) mass is 480 g/mol. The Morgan fingerprint density at radius 1 is 0.943 bits per heavy atom. The molecule has 4 rings (SSSR count). The average molecular weight is 481 g/mol. The molecule has 0 bridgehead atoms. The Labute approximate surface area is 203 Å². The molecule has 3 aromatic rings. The fourth-order valence-electron chi connectivity index (χ4n) is 4.55. The van der Waals surface area contributed by atoms with Crippen LogP contribution in [0.4, 0.5) is 13.2 Å². The van der Waals surface area contributed by atoms with E-state index in [1.165, 1.54) is 36.4 Å². The number of hydrogen-bond acceptors (Lipinski definition) is 3. The number of esters is 1. The second-order valence-electron chi connectivity index (χ2n) is 8.67. The van der Waals surface area contributed by atoms with E-state index in [9.17, 15) is 18.0 Å². The highest BCUT2D eigenvalue weighted by Crippen LogP contribution is 2.39. The topological polar surface area (TPSA) is 35.5 Å². The van der Waals surface area contributed by atoms with Crippen LogP contribution >= 0.6 is 0 Å². The van der Waals surface area contributed by atoms with Crippen LogP contribution in [0.2, 0.25) is 0 Å². The van der Waals surface area contributed by atoms with E-state index in [1.54, 1.807) is 19.1 Å². The van der Waals surface area contributed by atoms with Crippen molar-refractivity contribution in [3.8, 4) is 22.6 Å². The zero-order valence-corrected chi connectivity index (χ0v) is 19.5. The van der Waals surface area contributed by atoms with Gasteiger partial charge < -0.3 is 9.47 Å². The number of benzene rings is 3. The minimum absolute atomic E-state index is 0.000431. The van der Waals surface area contributed by atoms with Gasteiger partial charge in [-0.05, 0) is 79.8 Å². The number of carbonyl (C=O) groups excluding carboxylic acids is 1. The zero-order valence-electron chi connectivity index (χ0n) is 19.5. The normalized spacial score (nSPS) is 17.6. The molecule has 1 fully saturated rings. The van der Waals surface area contributed by atoms with Crippen molar-refractivity contribution in [1.29, 1.82) is 0 Å². The van der Waals surface area contributed by atoms with Crippen molar-refractivity contribution < 1.29 is 27.4 Å². The molecule has 0 spiro atoms. The van der Waals surface area contributed by atoms with Gasteiger partial charge in [0.25, 0.3) is 0 Å². The van der Waals surface area contributed by atoms with E-state index in [2.05, 4.69) is 6.58 Å². The molecule has 0 heterocycles. The molecule has 0 aromatic heterocycles. The highest BCUT2D eigenvalue weighted by atomic mass is 19.2. The molecule has 0 N–H and O–H groups in total. The summed E-state index contributed by atoms with van der Waals surface area (Å²) in [5.41, 5.74) is 0.747. The summed E-state index contributed by atoms with van der Waals surface area (Å²) >= 11 is 0. The van der Waals surface area contributed by atoms with Gasteiger partial charge in [0, 0.05) is 11.6 Å². The molecule has 182 valence electrons. The summed E-state index contributed by atoms with van der Waals surface area (Å²) in [5.74, 6) is -2.42. The molecule has 1 aliphatic carbocycles. The molecule has 0 atom stereocenters. The Balaban J connectivity index is 1.47. The fourth-order valence-corrected chi connectivity index (χ4v) is 4.55. The molecule has 0 unspecified atom stereocenters. The van der Waals surface area contributed by atoms with Crippen LogP contribution in [0.15, 0.2) is 67.3 Å². The second kappa shape index (κ2) is 10.8. The highest BCUT2D eigenvalue weighted by molar-refractivity contribution is 5.91. The minimum Gasteiger partial charge on any atom is -0.494 e. The van der Waals surface area contributed by atoms with Gasteiger partial charge in [-0.25, -0.2) is 18.0 Å². The van der Waals surface area contributed by atoms with E-state index in [4.69, 9.17) is 9.47 Å². The zero-order chi connectivity index (χ0) is 24.9. The summed E-state index contributed by atoms with van der Waals surface area (Å²) in [7, 11) is 0. The first-order valence-corrected chi connectivity index (χ1v) is 11.8. The lowest BCUT2D eigenvalue weighted by atomic mass is 9.78. The average Bonchev–Trinajstić information content (AvgIpc) is 2.86. The molecular formula is C29H27F3O3. The Hall–Kier alpha value is -3.54. The summed E-state index contributed by atoms with van der Waals surface area (Å²) in [6.45, 7) is 5.97. The Kier molecular flexibility index (Phi) is 7.59. The van der Waals surface area contributed by atoms with E-state index >= 15 is 0 Å². The van der Waals surface area contributed by atoms with E-state index in [0.717, 1.165) is 31.7 Å². The molecule has 35 heavy (non-hydrogen) atoms. The van der Waals surface area contributed by atoms with Gasteiger partial charge in [-0.15, -0.1) is 6.58 Å². The van der Waals surface area contributed by atoms with E-state index < -0.39 is 23.4 Å². The van der Waals surface area contributed by atoms with Crippen molar-refractivity contribution >= 4 is 5.97 Å². The summed E-state index contributed by atoms with van der Waals surface area (Å²) in [6, 6.07) is 13.1. The molecule has 0 aliphatic heterocycles. The SMILES string of the molecule is C=CC1CCC(c2ccc(-c3ccc(OC(=O)c4ccc(OCC)cc4F)cc3)c(F)c2F)CC1.